The minimum absolute atomic E-state index is 0.0506. The van der Waals surface area contributed by atoms with Gasteiger partial charge in [0.05, 0.1) is 6.61 Å². The van der Waals surface area contributed by atoms with Crippen LogP contribution >= 0.6 is 0 Å². The van der Waals surface area contributed by atoms with Crippen molar-refractivity contribution < 1.29 is 19.1 Å². The molecule has 2 rings (SSSR count). The molecule has 6 heteroatoms. The fourth-order valence-electron chi connectivity index (χ4n) is 2.22. The fourth-order valence-corrected chi connectivity index (χ4v) is 2.22. The molecule has 0 radical (unpaired) electrons. The molecule has 0 bridgehead atoms. The number of benzene rings is 2. The van der Waals surface area contributed by atoms with E-state index in [1.165, 1.54) is 11.8 Å². The maximum absolute atomic E-state index is 12.3. The number of ether oxygens (including phenoxy) is 2. The van der Waals surface area contributed by atoms with Gasteiger partial charge in [-0.3, -0.25) is 9.59 Å². The van der Waals surface area contributed by atoms with E-state index < -0.39 is 0 Å². The van der Waals surface area contributed by atoms with Crippen molar-refractivity contribution in [2.45, 2.75) is 13.8 Å². The number of carbonyl (C=O) groups excluding carboxylic acids is 2. The van der Waals surface area contributed by atoms with E-state index in [0.717, 1.165) is 5.69 Å². The number of nitrogens with zero attached hydrogens (tertiary/aromatic N) is 1. The molecule has 0 saturated carbocycles. The van der Waals surface area contributed by atoms with Gasteiger partial charge in [-0.1, -0.05) is 0 Å². The van der Waals surface area contributed by atoms with E-state index in [1.54, 1.807) is 55.6 Å². The van der Waals surface area contributed by atoms with Gasteiger partial charge in [-0.15, -0.1) is 0 Å². The van der Waals surface area contributed by atoms with Gasteiger partial charge in [-0.2, -0.15) is 0 Å². The van der Waals surface area contributed by atoms with Crippen molar-refractivity contribution in [1.82, 2.24) is 0 Å². The monoisotopic (exact) mass is 356 g/mol. The molecule has 6 nitrogen and oxygen atoms in total. The largest absolute Gasteiger partial charge is 0.491 e. The van der Waals surface area contributed by atoms with Gasteiger partial charge in [0.15, 0.2) is 0 Å². The molecule has 2 amide bonds. The summed E-state index contributed by atoms with van der Waals surface area (Å²) in [5.41, 5.74) is 1.96. The van der Waals surface area contributed by atoms with Crippen molar-refractivity contribution in [1.29, 1.82) is 0 Å². The first-order valence-corrected chi connectivity index (χ1v) is 8.47. The number of hydrogen-bond acceptors (Lipinski definition) is 4. The smallest absolute Gasteiger partial charge is 0.255 e. The van der Waals surface area contributed by atoms with Crippen molar-refractivity contribution in [3.63, 3.8) is 0 Å². The van der Waals surface area contributed by atoms with Crippen LogP contribution in [0.3, 0.4) is 0 Å². The second-order valence-electron chi connectivity index (χ2n) is 5.65. The third kappa shape index (κ3) is 5.60. The van der Waals surface area contributed by atoms with Crippen LogP contribution in [0.15, 0.2) is 48.5 Å². The number of hydrogen-bond donors (Lipinski definition) is 1. The van der Waals surface area contributed by atoms with Crippen LogP contribution in [0.5, 0.6) is 5.75 Å². The standard InChI is InChI=1S/C20H24N2O4/c1-4-25-13-14-26-19-11-5-16(6-12-19)20(24)21-17-7-9-18(10-8-17)22(3)15(2)23/h5-12H,4,13-14H2,1-3H3,(H,21,24). The lowest BCUT2D eigenvalue weighted by Crippen LogP contribution is -2.22. The molecule has 0 aromatic heterocycles. The summed E-state index contributed by atoms with van der Waals surface area (Å²) in [5, 5.41) is 2.83. The molecule has 0 saturated heterocycles. The molecule has 0 unspecified atom stereocenters. The Morgan fingerprint density at radius 1 is 1.00 bits per heavy atom. The fraction of sp³-hybridized carbons (Fsp3) is 0.300. The molecule has 0 aliphatic rings. The SMILES string of the molecule is CCOCCOc1ccc(C(=O)Nc2ccc(N(C)C(C)=O)cc2)cc1. The molecule has 0 spiro atoms. The molecule has 0 aliphatic carbocycles. The molecule has 0 fully saturated rings. The van der Waals surface area contributed by atoms with Crippen LogP contribution in [0.1, 0.15) is 24.2 Å². The molecule has 2 aromatic rings. The molecular formula is C20H24N2O4. The summed E-state index contributed by atoms with van der Waals surface area (Å²) < 4.78 is 10.7. The van der Waals surface area contributed by atoms with E-state index in [2.05, 4.69) is 5.32 Å². The number of amides is 2. The van der Waals surface area contributed by atoms with Crippen LogP contribution in [0.2, 0.25) is 0 Å². The average molecular weight is 356 g/mol. The topological polar surface area (TPSA) is 67.9 Å². The van der Waals surface area contributed by atoms with E-state index in [9.17, 15) is 9.59 Å². The lowest BCUT2D eigenvalue weighted by Gasteiger charge is -2.15. The number of anilines is 2. The first kappa shape index (κ1) is 19.5. The minimum Gasteiger partial charge on any atom is -0.491 e. The number of nitrogens with one attached hydrogen (secondary N) is 1. The van der Waals surface area contributed by atoms with E-state index in [1.807, 2.05) is 6.92 Å². The zero-order valence-corrected chi connectivity index (χ0v) is 15.3. The lowest BCUT2D eigenvalue weighted by atomic mass is 10.2. The highest BCUT2D eigenvalue weighted by Gasteiger charge is 2.08. The summed E-state index contributed by atoms with van der Waals surface area (Å²) in [6, 6.07) is 14.0. The van der Waals surface area contributed by atoms with Gasteiger partial charge < -0.3 is 19.7 Å². The van der Waals surface area contributed by atoms with Crippen LogP contribution < -0.4 is 15.0 Å². The Morgan fingerprint density at radius 3 is 2.23 bits per heavy atom. The zero-order chi connectivity index (χ0) is 18.9. The Morgan fingerprint density at radius 2 is 1.65 bits per heavy atom. The molecular weight excluding hydrogens is 332 g/mol. The van der Waals surface area contributed by atoms with Crippen LogP contribution in [-0.4, -0.2) is 38.7 Å². The normalized spacial score (nSPS) is 10.3. The highest BCUT2D eigenvalue weighted by Crippen LogP contribution is 2.18. The quantitative estimate of drug-likeness (QED) is 0.737. The van der Waals surface area contributed by atoms with Gasteiger partial charge in [-0.25, -0.2) is 0 Å². The van der Waals surface area contributed by atoms with Crippen molar-refractivity contribution in [3.8, 4) is 5.75 Å². The lowest BCUT2D eigenvalue weighted by molar-refractivity contribution is -0.116. The molecule has 138 valence electrons. The summed E-state index contributed by atoms with van der Waals surface area (Å²) >= 11 is 0. The van der Waals surface area contributed by atoms with Gasteiger partial charge in [0.1, 0.15) is 12.4 Å². The first-order valence-electron chi connectivity index (χ1n) is 8.47. The van der Waals surface area contributed by atoms with Crippen molar-refractivity contribution >= 4 is 23.2 Å². The molecule has 0 aliphatic heterocycles. The summed E-state index contributed by atoms with van der Waals surface area (Å²) in [4.78, 5) is 25.2. The van der Waals surface area contributed by atoms with Gasteiger partial charge in [-0.05, 0) is 55.5 Å². The first-order chi connectivity index (χ1) is 12.5. The number of carbonyl (C=O) groups is 2. The number of rotatable bonds is 8. The summed E-state index contributed by atoms with van der Waals surface area (Å²) in [6.45, 7) is 5.10. The van der Waals surface area contributed by atoms with Crippen LogP contribution in [0.4, 0.5) is 11.4 Å². The molecule has 0 atom stereocenters. The van der Waals surface area contributed by atoms with E-state index in [4.69, 9.17) is 9.47 Å². The van der Waals surface area contributed by atoms with E-state index >= 15 is 0 Å². The maximum Gasteiger partial charge on any atom is 0.255 e. The van der Waals surface area contributed by atoms with Crippen LogP contribution in [0, 0.1) is 0 Å². The second-order valence-corrected chi connectivity index (χ2v) is 5.65. The highest BCUT2D eigenvalue weighted by molar-refractivity contribution is 6.04. The van der Waals surface area contributed by atoms with Crippen molar-refractivity contribution in [3.05, 3.63) is 54.1 Å². The summed E-state index contributed by atoms with van der Waals surface area (Å²) in [5.74, 6) is 0.432. The Kier molecular flexibility index (Phi) is 7.17. The zero-order valence-electron chi connectivity index (χ0n) is 15.3. The van der Waals surface area contributed by atoms with Gasteiger partial charge in [0.2, 0.25) is 5.91 Å². The van der Waals surface area contributed by atoms with E-state index in [0.29, 0.717) is 36.8 Å². The second kappa shape index (κ2) is 9.58. The molecule has 0 heterocycles. The Bertz CT molecular complexity index is 726. The van der Waals surface area contributed by atoms with Crippen molar-refractivity contribution in [2.24, 2.45) is 0 Å². The maximum atomic E-state index is 12.3. The molecule has 2 aromatic carbocycles. The predicted octanol–water partition coefficient (Wildman–Crippen LogP) is 3.34. The summed E-state index contributed by atoms with van der Waals surface area (Å²) in [6.07, 6.45) is 0. The van der Waals surface area contributed by atoms with Crippen molar-refractivity contribution in [2.75, 3.05) is 37.1 Å². The van der Waals surface area contributed by atoms with Gasteiger partial charge in [0.25, 0.3) is 5.91 Å². The van der Waals surface area contributed by atoms with Gasteiger partial charge >= 0.3 is 0 Å². The Balaban J connectivity index is 1.92. The average Bonchev–Trinajstić information content (AvgIpc) is 2.65. The minimum atomic E-state index is -0.210. The summed E-state index contributed by atoms with van der Waals surface area (Å²) in [7, 11) is 1.70. The molecule has 26 heavy (non-hydrogen) atoms. The van der Waals surface area contributed by atoms with E-state index in [-0.39, 0.29) is 11.8 Å². The highest BCUT2D eigenvalue weighted by atomic mass is 16.5. The Hall–Kier alpha value is -2.86. The van der Waals surface area contributed by atoms with Crippen LogP contribution in [0.25, 0.3) is 0 Å². The Labute approximate surface area is 153 Å². The third-order valence-corrected chi connectivity index (χ3v) is 3.80. The van der Waals surface area contributed by atoms with Gasteiger partial charge in [0, 0.05) is 37.5 Å². The van der Waals surface area contributed by atoms with Crippen LogP contribution in [-0.2, 0) is 9.53 Å². The third-order valence-electron chi connectivity index (χ3n) is 3.80. The molecule has 1 N–H and O–H groups in total. The predicted molar refractivity (Wildman–Crippen MR) is 102 cm³/mol.